The molecule has 1 aliphatic heterocycles. The predicted octanol–water partition coefficient (Wildman–Crippen LogP) is 1.25. The van der Waals surface area contributed by atoms with Gasteiger partial charge in [0.2, 0.25) is 0 Å². The van der Waals surface area contributed by atoms with Crippen molar-refractivity contribution in [1.82, 2.24) is 10.2 Å². The number of sulfone groups is 1. The fourth-order valence-corrected chi connectivity index (χ4v) is 5.02. The molecule has 1 fully saturated rings. The number of nitrogens with one attached hydrogen (secondary N) is 1. The van der Waals surface area contributed by atoms with Crippen LogP contribution >= 0.6 is 0 Å². The number of amides is 2. The number of hydrogen-bond donors (Lipinski definition) is 1. The van der Waals surface area contributed by atoms with Gasteiger partial charge < -0.3 is 19.4 Å². The molecule has 10 heteroatoms. The van der Waals surface area contributed by atoms with E-state index in [2.05, 4.69) is 5.32 Å². The van der Waals surface area contributed by atoms with Gasteiger partial charge in [0.25, 0.3) is 11.8 Å². The van der Waals surface area contributed by atoms with Crippen LogP contribution in [0.5, 0.6) is 0 Å². The van der Waals surface area contributed by atoms with Crippen LogP contribution in [-0.4, -0.2) is 67.8 Å². The van der Waals surface area contributed by atoms with Crippen LogP contribution in [0, 0.1) is 11.8 Å². The summed E-state index contributed by atoms with van der Waals surface area (Å²) in [6, 6.07) is 1.66. The third kappa shape index (κ3) is 6.58. The largest absolute Gasteiger partial charge is 0.459 e. The summed E-state index contributed by atoms with van der Waals surface area (Å²) in [6.45, 7) is 7.19. The number of hydrogen-bond acceptors (Lipinski definition) is 7. The zero-order valence-corrected chi connectivity index (χ0v) is 18.6. The number of esters is 1. The van der Waals surface area contributed by atoms with Crippen LogP contribution in [0.1, 0.15) is 44.7 Å². The fraction of sp³-hybridized carbons (Fsp3) is 0.650. The maximum atomic E-state index is 12.7. The van der Waals surface area contributed by atoms with Gasteiger partial charge in [-0.15, -0.1) is 0 Å². The van der Waals surface area contributed by atoms with Crippen molar-refractivity contribution in [1.29, 1.82) is 0 Å². The van der Waals surface area contributed by atoms with Gasteiger partial charge in [0.05, 0.1) is 17.8 Å². The quantitative estimate of drug-likeness (QED) is 0.571. The zero-order chi connectivity index (χ0) is 22.5. The maximum absolute atomic E-state index is 12.7. The van der Waals surface area contributed by atoms with E-state index in [1.165, 1.54) is 17.2 Å². The van der Waals surface area contributed by atoms with Gasteiger partial charge in [0.15, 0.2) is 22.2 Å². The summed E-state index contributed by atoms with van der Waals surface area (Å²) in [5.74, 6) is -1.85. The Labute approximate surface area is 177 Å². The Bertz CT molecular complexity index is 847. The monoisotopic (exact) mass is 442 g/mol. The molecule has 168 valence electrons. The standard InChI is InChI=1S/C20H30N2O7S/c1-13(2)10-22(15-7-9-30(26,27)12-15)17(23)11-29-20(25)18(14(3)4)21-19(24)16-6-5-8-28-16/h5-6,8,13-15,18H,7,9-12H2,1-4H3,(H,21,24). The Kier molecular flexibility index (Phi) is 8.05. The van der Waals surface area contributed by atoms with Crippen molar-refractivity contribution in [3.63, 3.8) is 0 Å². The smallest absolute Gasteiger partial charge is 0.329 e. The molecule has 2 heterocycles. The van der Waals surface area contributed by atoms with Crippen LogP contribution in [0.15, 0.2) is 22.8 Å². The fourth-order valence-electron chi connectivity index (χ4n) is 3.29. The molecule has 0 spiro atoms. The van der Waals surface area contributed by atoms with E-state index in [9.17, 15) is 22.8 Å². The Hall–Kier alpha value is -2.36. The number of ether oxygens (including phenoxy) is 1. The molecular formula is C20H30N2O7S. The van der Waals surface area contributed by atoms with E-state index < -0.39 is 46.3 Å². The number of nitrogens with zero attached hydrogens (tertiary/aromatic N) is 1. The van der Waals surface area contributed by atoms with Gasteiger partial charge in [-0.1, -0.05) is 27.7 Å². The van der Waals surface area contributed by atoms with E-state index in [1.54, 1.807) is 19.9 Å². The lowest BCUT2D eigenvalue weighted by Crippen LogP contribution is -2.48. The van der Waals surface area contributed by atoms with Crippen molar-refractivity contribution >= 4 is 27.6 Å². The molecule has 2 rings (SSSR count). The highest BCUT2D eigenvalue weighted by Gasteiger charge is 2.35. The zero-order valence-electron chi connectivity index (χ0n) is 17.8. The van der Waals surface area contributed by atoms with E-state index in [0.717, 1.165) is 0 Å². The highest BCUT2D eigenvalue weighted by Crippen LogP contribution is 2.19. The van der Waals surface area contributed by atoms with Gasteiger partial charge in [-0.25, -0.2) is 13.2 Å². The highest BCUT2D eigenvalue weighted by molar-refractivity contribution is 7.91. The first-order chi connectivity index (χ1) is 14.0. The van der Waals surface area contributed by atoms with Gasteiger partial charge in [-0.3, -0.25) is 9.59 Å². The lowest BCUT2D eigenvalue weighted by atomic mass is 10.0. The SMILES string of the molecule is CC(C)CN(C(=O)COC(=O)C(NC(=O)c1ccco1)C(C)C)C1CCS(=O)(=O)C1. The second kappa shape index (κ2) is 10.1. The molecule has 2 amide bonds. The summed E-state index contributed by atoms with van der Waals surface area (Å²) in [5.41, 5.74) is 0. The van der Waals surface area contributed by atoms with Crippen LogP contribution < -0.4 is 5.32 Å². The van der Waals surface area contributed by atoms with E-state index in [0.29, 0.717) is 13.0 Å². The van der Waals surface area contributed by atoms with Gasteiger partial charge in [-0.2, -0.15) is 0 Å². The summed E-state index contributed by atoms with van der Waals surface area (Å²) in [5, 5.41) is 2.56. The molecule has 0 radical (unpaired) electrons. The maximum Gasteiger partial charge on any atom is 0.329 e. The normalized spacial score (nSPS) is 18.9. The molecule has 30 heavy (non-hydrogen) atoms. The van der Waals surface area contributed by atoms with Crippen LogP contribution in [-0.2, 0) is 24.2 Å². The second-order valence-corrected chi connectivity index (χ2v) is 10.5. The predicted molar refractivity (Wildman–Crippen MR) is 109 cm³/mol. The first kappa shape index (κ1) is 23.9. The van der Waals surface area contributed by atoms with Crippen molar-refractivity contribution < 1.29 is 32.0 Å². The molecular weight excluding hydrogens is 412 g/mol. The van der Waals surface area contributed by atoms with Crippen molar-refractivity contribution in [3.8, 4) is 0 Å². The number of carbonyl (C=O) groups is 3. The van der Waals surface area contributed by atoms with Gasteiger partial charge in [0, 0.05) is 12.6 Å². The molecule has 9 nitrogen and oxygen atoms in total. The molecule has 1 aromatic heterocycles. The minimum Gasteiger partial charge on any atom is -0.459 e. The average Bonchev–Trinajstić information content (AvgIpc) is 3.30. The lowest BCUT2D eigenvalue weighted by Gasteiger charge is -2.30. The van der Waals surface area contributed by atoms with Crippen LogP contribution in [0.2, 0.25) is 0 Å². The van der Waals surface area contributed by atoms with Gasteiger partial charge in [0.1, 0.15) is 6.04 Å². The number of rotatable bonds is 9. The molecule has 0 saturated carbocycles. The lowest BCUT2D eigenvalue weighted by molar-refractivity contribution is -0.155. The minimum absolute atomic E-state index is 0.0492. The minimum atomic E-state index is -3.16. The Balaban J connectivity index is 1.99. The third-order valence-corrected chi connectivity index (χ3v) is 6.57. The third-order valence-electron chi connectivity index (χ3n) is 4.82. The molecule has 1 N–H and O–H groups in total. The van der Waals surface area contributed by atoms with Crippen molar-refractivity contribution in [2.75, 3.05) is 24.7 Å². The Morgan fingerprint density at radius 2 is 1.97 bits per heavy atom. The second-order valence-electron chi connectivity index (χ2n) is 8.28. The molecule has 0 bridgehead atoms. The Morgan fingerprint density at radius 3 is 2.47 bits per heavy atom. The first-order valence-electron chi connectivity index (χ1n) is 10.0. The summed E-state index contributed by atoms with van der Waals surface area (Å²) >= 11 is 0. The van der Waals surface area contributed by atoms with Crippen molar-refractivity contribution in [2.24, 2.45) is 11.8 Å². The molecule has 1 aromatic rings. The van der Waals surface area contributed by atoms with Gasteiger partial charge in [-0.05, 0) is 30.4 Å². The molecule has 2 atom stereocenters. The summed E-state index contributed by atoms with van der Waals surface area (Å²) in [7, 11) is -3.16. The molecule has 0 aliphatic carbocycles. The molecule has 2 unspecified atom stereocenters. The summed E-state index contributed by atoms with van der Waals surface area (Å²) in [6.07, 6.45) is 1.73. The summed E-state index contributed by atoms with van der Waals surface area (Å²) < 4.78 is 33.8. The van der Waals surface area contributed by atoms with Crippen LogP contribution in [0.4, 0.5) is 0 Å². The highest BCUT2D eigenvalue weighted by atomic mass is 32.2. The molecule has 1 aliphatic rings. The van der Waals surface area contributed by atoms with E-state index in [-0.39, 0.29) is 29.1 Å². The van der Waals surface area contributed by atoms with Crippen LogP contribution in [0.3, 0.4) is 0 Å². The summed E-state index contributed by atoms with van der Waals surface area (Å²) in [4.78, 5) is 38.9. The number of carbonyl (C=O) groups excluding carboxylic acids is 3. The first-order valence-corrected chi connectivity index (χ1v) is 11.8. The van der Waals surface area contributed by atoms with Crippen molar-refractivity contribution in [3.05, 3.63) is 24.2 Å². The van der Waals surface area contributed by atoms with E-state index in [4.69, 9.17) is 9.15 Å². The van der Waals surface area contributed by atoms with Crippen molar-refractivity contribution in [2.45, 2.75) is 46.2 Å². The van der Waals surface area contributed by atoms with Crippen LogP contribution in [0.25, 0.3) is 0 Å². The molecule has 1 saturated heterocycles. The number of furan rings is 1. The van der Waals surface area contributed by atoms with Gasteiger partial charge >= 0.3 is 5.97 Å². The van der Waals surface area contributed by atoms with E-state index in [1.807, 2.05) is 13.8 Å². The average molecular weight is 443 g/mol. The van der Waals surface area contributed by atoms with E-state index >= 15 is 0 Å². The topological polar surface area (TPSA) is 123 Å². The Morgan fingerprint density at radius 1 is 1.27 bits per heavy atom. The molecule has 0 aromatic carbocycles.